The van der Waals surface area contributed by atoms with E-state index in [0.717, 1.165) is 0 Å². The standard InChI is InChI=1S/C14H21NO5S/c1-14(2,3)20-13(16)11-6-4-10(5-7-11)12(8-15)9-21(17,18)19/h4-7,12H,8-9,15H2,1-3H3,(H,17,18,19). The highest BCUT2D eigenvalue weighted by Gasteiger charge is 2.20. The molecule has 0 spiro atoms. The Bertz CT molecular complexity index is 587. The summed E-state index contributed by atoms with van der Waals surface area (Å²) in [5, 5.41) is 0. The van der Waals surface area contributed by atoms with Crippen LogP contribution in [0.1, 0.15) is 42.6 Å². The first-order valence-corrected chi connectivity index (χ1v) is 8.11. The van der Waals surface area contributed by atoms with Gasteiger partial charge in [-0.15, -0.1) is 0 Å². The van der Waals surface area contributed by atoms with Crippen molar-refractivity contribution in [3.05, 3.63) is 35.4 Å². The molecule has 0 aliphatic heterocycles. The van der Waals surface area contributed by atoms with Crippen molar-refractivity contribution in [1.82, 2.24) is 0 Å². The van der Waals surface area contributed by atoms with E-state index >= 15 is 0 Å². The molecule has 0 amide bonds. The van der Waals surface area contributed by atoms with E-state index in [1.54, 1.807) is 45.0 Å². The van der Waals surface area contributed by atoms with Crippen LogP contribution in [-0.2, 0) is 14.9 Å². The normalized spacial score (nSPS) is 13.8. The van der Waals surface area contributed by atoms with Gasteiger partial charge in [0.2, 0.25) is 0 Å². The Hall–Kier alpha value is -1.44. The van der Waals surface area contributed by atoms with Gasteiger partial charge in [0.25, 0.3) is 10.1 Å². The monoisotopic (exact) mass is 315 g/mol. The summed E-state index contributed by atoms with van der Waals surface area (Å²) in [6, 6.07) is 6.33. The minimum atomic E-state index is -4.11. The lowest BCUT2D eigenvalue weighted by molar-refractivity contribution is 0.00695. The van der Waals surface area contributed by atoms with Crippen molar-refractivity contribution < 1.29 is 22.5 Å². The van der Waals surface area contributed by atoms with E-state index in [1.807, 2.05) is 0 Å². The van der Waals surface area contributed by atoms with Gasteiger partial charge in [0.15, 0.2) is 0 Å². The summed E-state index contributed by atoms with van der Waals surface area (Å²) >= 11 is 0. The Balaban J connectivity index is 2.88. The maximum atomic E-state index is 11.9. The molecule has 0 heterocycles. The lowest BCUT2D eigenvalue weighted by Gasteiger charge is -2.20. The molecule has 21 heavy (non-hydrogen) atoms. The Morgan fingerprint density at radius 2 is 1.81 bits per heavy atom. The van der Waals surface area contributed by atoms with Gasteiger partial charge in [-0.3, -0.25) is 4.55 Å². The molecule has 0 aliphatic carbocycles. The van der Waals surface area contributed by atoms with E-state index in [9.17, 15) is 13.2 Å². The number of carbonyl (C=O) groups is 1. The molecule has 118 valence electrons. The van der Waals surface area contributed by atoms with Crippen LogP contribution in [0.5, 0.6) is 0 Å². The van der Waals surface area contributed by atoms with Crippen LogP contribution in [0.25, 0.3) is 0 Å². The fourth-order valence-electron chi connectivity index (χ4n) is 1.78. The van der Waals surface area contributed by atoms with Crippen molar-refractivity contribution >= 4 is 16.1 Å². The van der Waals surface area contributed by atoms with Gasteiger partial charge < -0.3 is 10.5 Å². The molecule has 0 aromatic heterocycles. The zero-order valence-electron chi connectivity index (χ0n) is 12.4. The molecular formula is C14H21NO5S. The highest BCUT2D eigenvalue weighted by molar-refractivity contribution is 7.85. The molecule has 3 N–H and O–H groups in total. The zero-order valence-corrected chi connectivity index (χ0v) is 13.2. The maximum Gasteiger partial charge on any atom is 0.338 e. The molecule has 1 aromatic rings. The average molecular weight is 315 g/mol. The Labute approximate surface area is 125 Å². The lowest BCUT2D eigenvalue weighted by atomic mass is 10.00. The quantitative estimate of drug-likeness (QED) is 0.631. The van der Waals surface area contributed by atoms with E-state index in [0.29, 0.717) is 11.1 Å². The van der Waals surface area contributed by atoms with Crippen LogP contribution in [0, 0.1) is 0 Å². The molecule has 0 saturated heterocycles. The second-order valence-electron chi connectivity index (χ2n) is 5.81. The van der Waals surface area contributed by atoms with Gasteiger partial charge in [-0.05, 0) is 38.5 Å². The van der Waals surface area contributed by atoms with Crippen molar-refractivity contribution in [2.75, 3.05) is 12.3 Å². The number of rotatable bonds is 5. The van der Waals surface area contributed by atoms with Gasteiger partial charge >= 0.3 is 5.97 Å². The molecule has 0 aliphatic rings. The van der Waals surface area contributed by atoms with Crippen LogP contribution in [0.15, 0.2) is 24.3 Å². The first kappa shape index (κ1) is 17.6. The highest BCUT2D eigenvalue weighted by atomic mass is 32.2. The van der Waals surface area contributed by atoms with Gasteiger partial charge in [-0.2, -0.15) is 8.42 Å². The van der Waals surface area contributed by atoms with Gasteiger partial charge in [0, 0.05) is 12.5 Å². The molecule has 1 rings (SSSR count). The molecule has 0 bridgehead atoms. The summed E-state index contributed by atoms with van der Waals surface area (Å²) in [7, 11) is -4.11. The number of benzene rings is 1. The third kappa shape index (κ3) is 6.24. The number of esters is 1. The minimum absolute atomic E-state index is 0.0750. The molecular weight excluding hydrogens is 294 g/mol. The first-order chi connectivity index (χ1) is 9.52. The molecule has 1 atom stereocenters. The summed E-state index contributed by atoms with van der Waals surface area (Å²) in [6.45, 7) is 5.40. The average Bonchev–Trinajstić information content (AvgIpc) is 2.33. The van der Waals surface area contributed by atoms with E-state index < -0.39 is 33.4 Å². The lowest BCUT2D eigenvalue weighted by Crippen LogP contribution is -2.24. The predicted octanol–water partition coefficient (Wildman–Crippen LogP) is 1.57. The molecule has 0 fully saturated rings. The number of hydrogen-bond donors (Lipinski definition) is 2. The van der Waals surface area contributed by atoms with Crippen LogP contribution in [0.3, 0.4) is 0 Å². The molecule has 7 heteroatoms. The van der Waals surface area contributed by atoms with E-state index in [1.165, 1.54) is 0 Å². The largest absolute Gasteiger partial charge is 0.456 e. The Kier molecular flexibility index (Phi) is 5.49. The predicted molar refractivity (Wildman–Crippen MR) is 79.8 cm³/mol. The number of carbonyl (C=O) groups excluding carboxylic acids is 1. The van der Waals surface area contributed by atoms with Gasteiger partial charge in [-0.1, -0.05) is 12.1 Å². The smallest absolute Gasteiger partial charge is 0.338 e. The molecule has 0 radical (unpaired) electrons. The molecule has 1 aromatic carbocycles. The van der Waals surface area contributed by atoms with Crippen molar-refractivity contribution in [1.29, 1.82) is 0 Å². The second kappa shape index (κ2) is 6.55. The zero-order chi connectivity index (χ0) is 16.3. The SMILES string of the molecule is CC(C)(C)OC(=O)c1ccc(C(CN)CS(=O)(=O)O)cc1. The van der Waals surface area contributed by atoms with Crippen LogP contribution in [0.4, 0.5) is 0 Å². The second-order valence-corrected chi connectivity index (χ2v) is 7.30. The van der Waals surface area contributed by atoms with E-state index in [4.69, 9.17) is 15.0 Å². The summed E-state index contributed by atoms with van der Waals surface area (Å²) in [6.07, 6.45) is 0. The fourth-order valence-corrected chi connectivity index (χ4v) is 2.62. The Morgan fingerprint density at radius 1 is 1.29 bits per heavy atom. The Morgan fingerprint density at radius 3 is 2.19 bits per heavy atom. The van der Waals surface area contributed by atoms with Crippen LogP contribution in [-0.4, -0.2) is 36.8 Å². The minimum Gasteiger partial charge on any atom is -0.456 e. The summed E-state index contributed by atoms with van der Waals surface area (Å²) < 4.78 is 36.0. The van der Waals surface area contributed by atoms with Gasteiger partial charge in [0.05, 0.1) is 11.3 Å². The van der Waals surface area contributed by atoms with Crippen LogP contribution < -0.4 is 5.73 Å². The van der Waals surface area contributed by atoms with Crippen molar-refractivity contribution in [3.8, 4) is 0 Å². The molecule has 6 nitrogen and oxygen atoms in total. The van der Waals surface area contributed by atoms with Crippen molar-refractivity contribution in [2.24, 2.45) is 5.73 Å². The van der Waals surface area contributed by atoms with E-state index in [-0.39, 0.29) is 6.54 Å². The number of hydrogen-bond acceptors (Lipinski definition) is 5. The highest BCUT2D eigenvalue weighted by Crippen LogP contribution is 2.19. The fraction of sp³-hybridized carbons (Fsp3) is 0.500. The molecule has 0 saturated carbocycles. The van der Waals surface area contributed by atoms with Crippen LogP contribution >= 0.6 is 0 Å². The molecule has 1 unspecified atom stereocenters. The summed E-state index contributed by atoms with van der Waals surface area (Å²) in [5.41, 5.74) is 5.96. The van der Waals surface area contributed by atoms with Crippen molar-refractivity contribution in [2.45, 2.75) is 32.3 Å². The van der Waals surface area contributed by atoms with Crippen LogP contribution in [0.2, 0.25) is 0 Å². The van der Waals surface area contributed by atoms with Gasteiger partial charge in [-0.25, -0.2) is 4.79 Å². The van der Waals surface area contributed by atoms with Crippen molar-refractivity contribution in [3.63, 3.8) is 0 Å². The van der Waals surface area contributed by atoms with E-state index in [2.05, 4.69) is 0 Å². The third-order valence-electron chi connectivity index (χ3n) is 2.71. The van der Waals surface area contributed by atoms with Gasteiger partial charge in [0.1, 0.15) is 5.60 Å². The number of ether oxygens (including phenoxy) is 1. The third-order valence-corrected chi connectivity index (χ3v) is 3.54. The summed E-state index contributed by atoms with van der Waals surface area (Å²) in [4.78, 5) is 11.9. The first-order valence-electron chi connectivity index (χ1n) is 6.50. The number of nitrogens with two attached hydrogens (primary N) is 1. The maximum absolute atomic E-state index is 11.9. The topological polar surface area (TPSA) is 107 Å². The summed E-state index contributed by atoms with van der Waals surface area (Å²) in [5.74, 6) is -1.42.